The zero-order chi connectivity index (χ0) is 15.5. The van der Waals surface area contributed by atoms with Gasteiger partial charge in [-0.05, 0) is 37.5 Å². The van der Waals surface area contributed by atoms with Crippen molar-refractivity contribution in [3.63, 3.8) is 0 Å². The molecule has 22 heavy (non-hydrogen) atoms. The number of benzene rings is 1. The van der Waals surface area contributed by atoms with E-state index < -0.39 is 0 Å². The molecule has 2 N–H and O–H groups in total. The number of rotatable bonds is 5. The van der Waals surface area contributed by atoms with Crippen LogP contribution in [0.1, 0.15) is 43.0 Å². The van der Waals surface area contributed by atoms with Crippen LogP contribution in [0.15, 0.2) is 36.7 Å². The molecule has 0 amide bonds. The average Bonchev–Trinajstić information content (AvgIpc) is 2.52. The topological polar surface area (TPSA) is 67.3 Å². The molecule has 1 aliphatic rings. The van der Waals surface area contributed by atoms with Crippen molar-refractivity contribution in [3.8, 4) is 5.75 Å². The Kier molecular flexibility index (Phi) is 4.24. The van der Waals surface area contributed by atoms with Gasteiger partial charge >= 0.3 is 0 Å². The average molecular weight is 299 g/mol. The predicted molar refractivity (Wildman–Crippen MR) is 85.0 cm³/mol. The van der Waals surface area contributed by atoms with Gasteiger partial charge in [-0.2, -0.15) is 0 Å². The molecule has 1 aromatic carbocycles. The van der Waals surface area contributed by atoms with Crippen molar-refractivity contribution >= 4 is 5.82 Å². The summed E-state index contributed by atoms with van der Waals surface area (Å²) in [4.78, 5) is 8.61. The number of aliphatic hydroxyl groups excluding tert-OH is 1. The maximum Gasteiger partial charge on any atom is 0.130 e. The van der Waals surface area contributed by atoms with Gasteiger partial charge in [0.05, 0.1) is 13.2 Å². The van der Waals surface area contributed by atoms with Gasteiger partial charge in [-0.15, -0.1) is 0 Å². The van der Waals surface area contributed by atoms with Crippen LogP contribution < -0.4 is 10.1 Å². The summed E-state index contributed by atoms with van der Waals surface area (Å²) in [5, 5.41) is 12.8. The molecule has 3 rings (SSSR count). The van der Waals surface area contributed by atoms with E-state index in [1.54, 1.807) is 13.4 Å². The predicted octanol–water partition coefficient (Wildman–Crippen LogP) is 2.90. The minimum absolute atomic E-state index is 0.139. The third kappa shape index (κ3) is 3.20. The van der Waals surface area contributed by atoms with E-state index in [0.29, 0.717) is 5.92 Å². The lowest BCUT2D eigenvalue weighted by molar-refractivity contribution is 0.0732. The van der Waals surface area contributed by atoms with Gasteiger partial charge in [0, 0.05) is 23.7 Å². The van der Waals surface area contributed by atoms with Gasteiger partial charge in [-0.1, -0.05) is 12.1 Å². The number of ether oxygens (including phenoxy) is 1. The van der Waals surface area contributed by atoms with Crippen LogP contribution in [0.3, 0.4) is 0 Å². The second kappa shape index (κ2) is 6.32. The molecule has 1 atom stereocenters. The van der Waals surface area contributed by atoms with E-state index in [4.69, 9.17) is 4.74 Å². The molecule has 1 saturated carbocycles. The summed E-state index contributed by atoms with van der Waals surface area (Å²) >= 11 is 0. The lowest BCUT2D eigenvalue weighted by Gasteiger charge is -2.30. The van der Waals surface area contributed by atoms with Crippen molar-refractivity contribution in [1.29, 1.82) is 0 Å². The normalized spacial score (nSPS) is 21.8. The van der Waals surface area contributed by atoms with Crippen molar-refractivity contribution in [2.75, 3.05) is 12.4 Å². The Labute approximate surface area is 130 Å². The Morgan fingerprint density at radius 1 is 1.23 bits per heavy atom. The largest absolute Gasteiger partial charge is 0.497 e. The highest BCUT2D eigenvalue weighted by Crippen LogP contribution is 2.36. The van der Waals surface area contributed by atoms with Gasteiger partial charge in [-0.25, -0.2) is 9.97 Å². The standard InChI is InChI=1S/C17H21N3O2/c1-11(12-3-5-15(22-2)6-4-12)20-17-9-16(18-10-19-17)13-7-14(21)8-13/h3-6,9-11,13-14,21H,7-8H2,1-2H3,(H,18,19,20)/t11-,13?,14?/m1/s1. The van der Waals surface area contributed by atoms with Crippen LogP contribution in [0.5, 0.6) is 5.75 Å². The fraction of sp³-hybridized carbons (Fsp3) is 0.412. The van der Waals surface area contributed by atoms with Gasteiger partial charge in [0.25, 0.3) is 0 Å². The van der Waals surface area contributed by atoms with Crippen LogP contribution in [-0.4, -0.2) is 28.3 Å². The molecule has 0 saturated heterocycles. The Morgan fingerprint density at radius 3 is 2.59 bits per heavy atom. The molecule has 1 aliphatic carbocycles. The fourth-order valence-electron chi connectivity index (χ4n) is 2.70. The number of aliphatic hydroxyl groups is 1. The maximum absolute atomic E-state index is 9.42. The molecule has 5 heteroatoms. The minimum Gasteiger partial charge on any atom is -0.497 e. The van der Waals surface area contributed by atoms with Gasteiger partial charge in [-0.3, -0.25) is 0 Å². The van der Waals surface area contributed by atoms with Crippen LogP contribution in [0, 0.1) is 0 Å². The third-order valence-electron chi connectivity index (χ3n) is 4.20. The Morgan fingerprint density at radius 2 is 1.95 bits per heavy atom. The first-order valence-electron chi connectivity index (χ1n) is 7.56. The second-order valence-corrected chi connectivity index (χ2v) is 5.79. The molecular formula is C17H21N3O2. The van der Waals surface area contributed by atoms with E-state index in [1.807, 2.05) is 30.3 Å². The van der Waals surface area contributed by atoms with E-state index in [-0.39, 0.29) is 12.1 Å². The van der Waals surface area contributed by atoms with E-state index >= 15 is 0 Å². The van der Waals surface area contributed by atoms with Crippen LogP contribution in [0.25, 0.3) is 0 Å². The maximum atomic E-state index is 9.42. The molecule has 0 radical (unpaired) electrons. The number of anilines is 1. The van der Waals surface area contributed by atoms with E-state index in [0.717, 1.165) is 30.1 Å². The minimum atomic E-state index is -0.172. The molecular weight excluding hydrogens is 278 g/mol. The smallest absolute Gasteiger partial charge is 0.130 e. The molecule has 0 unspecified atom stereocenters. The summed E-state index contributed by atoms with van der Waals surface area (Å²) in [6.45, 7) is 2.09. The number of hydrogen-bond acceptors (Lipinski definition) is 5. The van der Waals surface area contributed by atoms with Crippen LogP contribution >= 0.6 is 0 Å². The summed E-state index contributed by atoms with van der Waals surface area (Å²) in [5.74, 6) is 2.02. The molecule has 1 heterocycles. The highest BCUT2D eigenvalue weighted by molar-refractivity contribution is 5.40. The van der Waals surface area contributed by atoms with Gasteiger partial charge in [0.15, 0.2) is 0 Å². The van der Waals surface area contributed by atoms with Crippen LogP contribution in [-0.2, 0) is 0 Å². The van der Waals surface area contributed by atoms with Crippen molar-refractivity contribution < 1.29 is 9.84 Å². The zero-order valence-corrected chi connectivity index (χ0v) is 12.9. The summed E-state index contributed by atoms with van der Waals surface area (Å²) < 4.78 is 5.18. The first kappa shape index (κ1) is 14.8. The van der Waals surface area contributed by atoms with Gasteiger partial charge in [0.1, 0.15) is 17.9 Å². The van der Waals surface area contributed by atoms with E-state index in [2.05, 4.69) is 22.2 Å². The molecule has 0 bridgehead atoms. The van der Waals surface area contributed by atoms with E-state index in [1.165, 1.54) is 5.56 Å². The molecule has 1 aromatic heterocycles. The Bertz CT molecular complexity index is 624. The van der Waals surface area contributed by atoms with Crippen molar-refractivity contribution in [2.45, 2.75) is 37.8 Å². The lowest BCUT2D eigenvalue weighted by Crippen LogP contribution is -2.27. The Balaban J connectivity index is 1.67. The highest BCUT2D eigenvalue weighted by Gasteiger charge is 2.29. The molecule has 1 fully saturated rings. The zero-order valence-electron chi connectivity index (χ0n) is 12.9. The highest BCUT2D eigenvalue weighted by atomic mass is 16.5. The summed E-state index contributed by atoms with van der Waals surface area (Å²) in [6, 6.07) is 10.1. The fourth-order valence-corrected chi connectivity index (χ4v) is 2.70. The number of aromatic nitrogens is 2. The quantitative estimate of drug-likeness (QED) is 0.888. The summed E-state index contributed by atoms with van der Waals surface area (Å²) in [7, 11) is 1.66. The number of nitrogens with zero attached hydrogens (tertiary/aromatic N) is 2. The van der Waals surface area contributed by atoms with E-state index in [9.17, 15) is 5.11 Å². The molecule has 116 valence electrons. The number of nitrogens with one attached hydrogen (secondary N) is 1. The lowest BCUT2D eigenvalue weighted by atomic mass is 9.80. The van der Waals surface area contributed by atoms with Gasteiger partial charge < -0.3 is 15.2 Å². The SMILES string of the molecule is COc1ccc([C@@H](C)Nc2cc(C3CC(O)C3)ncn2)cc1. The first-order chi connectivity index (χ1) is 10.7. The third-order valence-corrected chi connectivity index (χ3v) is 4.20. The van der Waals surface area contributed by atoms with Crippen LogP contribution in [0.4, 0.5) is 5.82 Å². The molecule has 0 aliphatic heterocycles. The monoisotopic (exact) mass is 299 g/mol. The van der Waals surface area contributed by atoms with Crippen molar-refractivity contribution in [2.24, 2.45) is 0 Å². The van der Waals surface area contributed by atoms with Gasteiger partial charge in [0.2, 0.25) is 0 Å². The number of methoxy groups -OCH3 is 1. The Hall–Kier alpha value is -2.14. The molecule has 5 nitrogen and oxygen atoms in total. The number of hydrogen-bond donors (Lipinski definition) is 2. The molecule has 2 aromatic rings. The van der Waals surface area contributed by atoms with Crippen molar-refractivity contribution in [3.05, 3.63) is 47.9 Å². The van der Waals surface area contributed by atoms with Crippen LogP contribution in [0.2, 0.25) is 0 Å². The molecule has 0 spiro atoms. The second-order valence-electron chi connectivity index (χ2n) is 5.79. The van der Waals surface area contributed by atoms with Crippen molar-refractivity contribution in [1.82, 2.24) is 9.97 Å². The summed E-state index contributed by atoms with van der Waals surface area (Å²) in [6.07, 6.45) is 3.01. The first-order valence-corrected chi connectivity index (χ1v) is 7.56. The summed E-state index contributed by atoms with van der Waals surface area (Å²) in [5.41, 5.74) is 2.17.